The first-order chi connectivity index (χ1) is 6.66. The Balaban J connectivity index is 2.02. The van der Waals surface area contributed by atoms with Crippen LogP contribution in [0.15, 0.2) is 5.16 Å². The number of nitrogens with two attached hydrogens (primary N) is 1. The molecule has 0 aromatic carbocycles. The maximum atomic E-state index is 11.5. The molecule has 0 aliphatic carbocycles. The largest absolute Gasteiger partial charge is 0.368 e. The Morgan fingerprint density at radius 1 is 1.71 bits per heavy atom. The van der Waals surface area contributed by atoms with Gasteiger partial charge in [-0.15, -0.1) is 5.10 Å². The first-order valence-electron chi connectivity index (χ1n) is 4.26. The third-order valence-electron chi connectivity index (χ3n) is 2.11. The minimum Gasteiger partial charge on any atom is -0.368 e. The Morgan fingerprint density at radius 2 is 2.50 bits per heavy atom. The zero-order valence-electron chi connectivity index (χ0n) is 7.73. The Hall–Kier alpha value is -1.24. The molecule has 1 aromatic rings. The quantitative estimate of drug-likeness (QED) is 0.704. The molecule has 6 nitrogen and oxygen atoms in total. The molecular weight excluding hydrogens is 202 g/mol. The minimum atomic E-state index is -0.0600. The lowest BCUT2D eigenvalue weighted by atomic mass is 10.4. The van der Waals surface area contributed by atoms with Crippen LogP contribution in [0.3, 0.4) is 0 Å². The van der Waals surface area contributed by atoms with Crippen LogP contribution in [0.4, 0.5) is 5.95 Å². The van der Waals surface area contributed by atoms with Crippen molar-refractivity contribution >= 4 is 23.6 Å². The third kappa shape index (κ3) is 1.67. The summed E-state index contributed by atoms with van der Waals surface area (Å²) in [5, 5.41) is 6.89. The summed E-state index contributed by atoms with van der Waals surface area (Å²) in [5.41, 5.74) is 5.38. The van der Waals surface area contributed by atoms with Crippen LogP contribution in [0.5, 0.6) is 0 Å². The number of carbonyl (C=O) groups is 1. The molecule has 1 fully saturated rings. The molecule has 3 N–H and O–H groups in total. The summed E-state index contributed by atoms with van der Waals surface area (Å²) in [5.74, 6) is 0.421. The topological polar surface area (TPSA) is 87.9 Å². The SMILES string of the molecule is CN1CCC(Sc2n[nH]c(N)n2)C1=O. The summed E-state index contributed by atoms with van der Waals surface area (Å²) in [7, 11) is 1.80. The van der Waals surface area contributed by atoms with E-state index in [2.05, 4.69) is 15.2 Å². The standard InChI is InChI=1S/C7H11N5OS/c1-12-3-2-4(5(12)13)14-7-9-6(8)10-11-7/h4H,2-3H2,1H3,(H3,8,9,10,11). The van der Waals surface area contributed by atoms with Gasteiger partial charge in [0.2, 0.25) is 17.0 Å². The molecule has 1 aliphatic heterocycles. The summed E-state index contributed by atoms with van der Waals surface area (Å²) in [4.78, 5) is 17.2. The fraction of sp³-hybridized carbons (Fsp3) is 0.571. The number of hydrogen-bond acceptors (Lipinski definition) is 5. The summed E-state index contributed by atoms with van der Waals surface area (Å²) in [6.07, 6.45) is 0.842. The number of aromatic amines is 1. The smallest absolute Gasteiger partial charge is 0.235 e. The average molecular weight is 213 g/mol. The lowest BCUT2D eigenvalue weighted by Gasteiger charge is -2.07. The predicted octanol–water partition coefficient (Wildman–Crippen LogP) is -0.290. The molecule has 76 valence electrons. The van der Waals surface area contributed by atoms with Crippen LogP contribution in [0.25, 0.3) is 0 Å². The molecule has 1 amide bonds. The predicted molar refractivity (Wildman–Crippen MR) is 52.7 cm³/mol. The highest BCUT2D eigenvalue weighted by Crippen LogP contribution is 2.27. The number of likely N-dealkylation sites (tertiary alicyclic amines) is 1. The second kappa shape index (κ2) is 3.49. The van der Waals surface area contributed by atoms with Gasteiger partial charge in [0.15, 0.2) is 0 Å². The van der Waals surface area contributed by atoms with Gasteiger partial charge >= 0.3 is 0 Å². The zero-order chi connectivity index (χ0) is 10.1. The van der Waals surface area contributed by atoms with E-state index >= 15 is 0 Å². The Kier molecular flexibility index (Phi) is 2.32. The number of thioether (sulfide) groups is 1. The maximum absolute atomic E-state index is 11.5. The molecule has 1 unspecified atom stereocenters. The highest BCUT2D eigenvalue weighted by molar-refractivity contribution is 8.00. The monoisotopic (exact) mass is 213 g/mol. The van der Waals surface area contributed by atoms with E-state index in [0.717, 1.165) is 13.0 Å². The van der Waals surface area contributed by atoms with Gasteiger partial charge in [-0.3, -0.25) is 4.79 Å². The van der Waals surface area contributed by atoms with Crippen molar-refractivity contribution in [2.24, 2.45) is 0 Å². The van der Waals surface area contributed by atoms with Gasteiger partial charge in [0.05, 0.1) is 5.25 Å². The molecule has 1 atom stereocenters. The van der Waals surface area contributed by atoms with Crippen molar-refractivity contribution in [2.45, 2.75) is 16.8 Å². The fourth-order valence-electron chi connectivity index (χ4n) is 1.34. The molecule has 1 aliphatic rings. The normalized spacial score (nSPS) is 21.9. The fourth-order valence-corrected chi connectivity index (χ4v) is 2.35. The molecule has 0 spiro atoms. The molecule has 0 bridgehead atoms. The van der Waals surface area contributed by atoms with Crippen molar-refractivity contribution in [3.63, 3.8) is 0 Å². The van der Waals surface area contributed by atoms with Gasteiger partial charge in [0, 0.05) is 13.6 Å². The van der Waals surface area contributed by atoms with E-state index in [1.807, 2.05) is 0 Å². The van der Waals surface area contributed by atoms with E-state index in [-0.39, 0.29) is 17.1 Å². The van der Waals surface area contributed by atoms with Gasteiger partial charge in [-0.05, 0) is 6.42 Å². The van der Waals surface area contributed by atoms with Gasteiger partial charge in [-0.1, -0.05) is 11.8 Å². The van der Waals surface area contributed by atoms with Crippen molar-refractivity contribution in [3.05, 3.63) is 0 Å². The molecule has 0 saturated carbocycles. The highest BCUT2D eigenvalue weighted by atomic mass is 32.2. The number of aromatic nitrogens is 3. The molecule has 1 aromatic heterocycles. The van der Waals surface area contributed by atoms with Crippen LogP contribution in [0.1, 0.15) is 6.42 Å². The number of carbonyl (C=O) groups excluding carboxylic acids is 1. The number of rotatable bonds is 2. The lowest BCUT2D eigenvalue weighted by molar-refractivity contribution is -0.126. The van der Waals surface area contributed by atoms with Crippen LogP contribution < -0.4 is 5.73 Å². The molecule has 1 saturated heterocycles. The van der Waals surface area contributed by atoms with Crippen molar-refractivity contribution in [2.75, 3.05) is 19.3 Å². The summed E-state index contributed by atoms with van der Waals surface area (Å²) in [6.45, 7) is 0.802. The van der Waals surface area contributed by atoms with Crippen molar-refractivity contribution < 1.29 is 4.79 Å². The van der Waals surface area contributed by atoms with E-state index in [1.165, 1.54) is 11.8 Å². The Morgan fingerprint density at radius 3 is 3.00 bits per heavy atom. The molecule has 2 rings (SSSR count). The summed E-state index contributed by atoms with van der Waals surface area (Å²) >= 11 is 1.36. The molecule has 2 heterocycles. The number of hydrogen-bond donors (Lipinski definition) is 2. The van der Waals surface area contributed by atoms with Crippen molar-refractivity contribution in [1.82, 2.24) is 20.1 Å². The van der Waals surface area contributed by atoms with Gasteiger partial charge < -0.3 is 10.6 Å². The van der Waals surface area contributed by atoms with Gasteiger partial charge in [0.1, 0.15) is 0 Å². The van der Waals surface area contributed by atoms with E-state index < -0.39 is 0 Å². The van der Waals surface area contributed by atoms with Gasteiger partial charge in [-0.2, -0.15) is 4.98 Å². The van der Waals surface area contributed by atoms with Gasteiger partial charge in [-0.25, -0.2) is 5.10 Å². The van der Waals surface area contributed by atoms with Crippen LogP contribution in [-0.2, 0) is 4.79 Å². The van der Waals surface area contributed by atoms with E-state index in [0.29, 0.717) is 5.16 Å². The number of amides is 1. The van der Waals surface area contributed by atoms with Crippen LogP contribution in [0, 0.1) is 0 Å². The number of H-pyrrole nitrogens is 1. The van der Waals surface area contributed by atoms with Crippen molar-refractivity contribution in [3.8, 4) is 0 Å². The second-order valence-corrected chi connectivity index (χ2v) is 4.33. The van der Waals surface area contributed by atoms with Crippen LogP contribution in [-0.4, -0.2) is 44.8 Å². The van der Waals surface area contributed by atoms with Crippen LogP contribution >= 0.6 is 11.8 Å². The van der Waals surface area contributed by atoms with E-state index in [1.54, 1.807) is 11.9 Å². The first-order valence-corrected chi connectivity index (χ1v) is 5.14. The summed E-state index contributed by atoms with van der Waals surface area (Å²) < 4.78 is 0. The average Bonchev–Trinajstić information content (AvgIpc) is 2.67. The second-order valence-electron chi connectivity index (χ2n) is 3.16. The number of nitrogen functional groups attached to an aromatic ring is 1. The van der Waals surface area contributed by atoms with Crippen molar-refractivity contribution in [1.29, 1.82) is 0 Å². The van der Waals surface area contributed by atoms with E-state index in [4.69, 9.17) is 5.73 Å². The summed E-state index contributed by atoms with van der Waals surface area (Å²) in [6, 6.07) is 0. The molecule has 14 heavy (non-hydrogen) atoms. The Labute approximate surface area is 85.3 Å². The van der Waals surface area contributed by atoms with Crippen LogP contribution in [0.2, 0.25) is 0 Å². The number of nitrogens with zero attached hydrogens (tertiary/aromatic N) is 3. The minimum absolute atomic E-state index is 0.0600. The zero-order valence-corrected chi connectivity index (χ0v) is 8.54. The maximum Gasteiger partial charge on any atom is 0.235 e. The highest BCUT2D eigenvalue weighted by Gasteiger charge is 2.30. The first kappa shape index (κ1) is 9.32. The Bertz CT molecular complexity index is 352. The van der Waals surface area contributed by atoms with E-state index in [9.17, 15) is 4.79 Å². The molecule has 7 heteroatoms. The molecule has 0 radical (unpaired) electrons. The number of nitrogens with one attached hydrogen (secondary N) is 1. The third-order valence-corrected chi connectivity index (χ3v) is 3.22. The van der Waals surface area contributed by atoms with Gasteiger partial charge in [0.25, 0.3) is 0 Å². The lowest BCUT2D eigenvalue weighted by Crippen LogP contribution is -2.23. The number of anilines is 1. The molecular formula is C7H11N5OS.